The van der Waals surface area contributed by atoms with E-state index in [1.807, 2.05) is 0 Å². The van der Waals surface area contributed by atoms with Crippen molar-refractivity contribution in [2.24, 2.45) is 5.41 Å². The number of nitrogens with two attached hydrogens (primary N) is 1. The van der Waals surface area contributed by atoms with Crippen molar-refractivity contribution in [3.8, 4) is 0 Å². The fraction of sp³-hybridized carbons (Fsp3) is 0.538. The Bertz CT molecular complexity index is 516. The van der Waals surface area contributed by atoms with E-state index in [0.717, 1.165) is 18.7 Å². The summed E-state index contributed by atoms with van der Waals surface area (Å²) < 4.78 is 22.7. The number of benzene rings is 1. The highest BCUT2D eigenvalue weighted by Crippen LogP contribution is 2.24. The van der Waals surface area contributed by atoms with Gasteiger partial charge in [0.15, 0.2) is 9.84 Å². The SMILES string of the molecule is CC(C)(C)CCNc1ccc(S(C)(=O)=O)cc1N. The zero-order valence-corrected chi connectivity index (χ0v) is 12.3. The molecule has 5 heteroatoms. The topological polar surface area (TPSA) is 72.2 Å². The van der Waals surface area contributed by atoms with E-state index < -0.39 is 9.84 Å². The van der Waals surface area contributed by atoms with Crippen LogP contribution >= 0.6 is 0 Å². The molecule has 1 aromatic rings. The molecule has 4 nitrogen and oxygen atoms in total. The Morgan fingerprint density at radius 2 is 1.89 bits per heavy atom. The van der Waals surface area contributed by atoms with Crippen LogP contribution in [0.15, 0.2) is 23.1 Å². The predicted molar refractivity (Wildman–Crippen MR) is 76.5 cm³/mol. The zero-order valence-electron chi connectivity index (χ0n) is 11.4. The van der Waals surface area contributed by atoms with Gasteiger partial charge in [0.2, 0.25) is 0 Å². The fourth-order valence-corrected chi connectivity index (χ4v) is 2.16. The lowest BCUT2D eigenvalue weighted by atomic mass is 9.92. The second-order valence-corrected chi connectivity index (χ2v) is 7.77. The highest BCUT2D eigenvalue weighted by molar-refractivity contribution is 7.90. The van der Waals surface area contributed by atoms with Crippen molar-refractivity contribution < 1.29 is 8.42 Å². The van der Waals surface area contributed by atoms with E-state index >= 15 is 0 Å². The number of rotatable bonds is 4. The van der Waals surface area contributed by atoms with E-state index in [1.165, 1.54) is 12.3 Å². The molecule has 0 aromatic heterocycles. The highest BCUT2D eigenvalue weighted by atomic mass is 32.2. The second-order valence-electron chi connectivity index (χ2n) is 5.76. The average molecular weight is 270 g/mol. The summed E-state index contributed by atoms with van der Waals surface area (Å²) in [7, 11) is -3.19. The smallest absolute Gasteiger partial charge is 0.175 e. The van der Waals surface area contributed by atoms with Crippen LogP contribution in [0.1, 0.15) is 27.2 Å². The lowest BCUT2D eigenvalue weighted by Gasteiger charge is -2.19. The van der Waals surface area contributed by atoms with Gasteiger partial charge in [0, 0.05) is 12.8 Å². The van der Waals surface area contributed by atoms with Crippen molar-refractivity contribution >= 4 is 21.2 Å². The molecule has 0 amide bonds. The summed E-state index contributed by atoms with van der Waals surface area (Å²) in [5.41, 5.74) is 7.35. The first-order valence-corrected chi connectivity index (χ1v) is 7.82. The minimum absolute atomic E-state index is 0.251. The average Bonchev–Trinajstić information content (AvgIpc) is 2.17. The van der Waals surface area contributed by atoms with Gasteiger partial charge in [0.1, 0.15) is 0 Å². The largest absolute Gasteiger partial charge is 0.397 e. The molecule has 0 fully saturated rings. The first kappa shape index (κ1) is 14.8. The molecule has 0 aliphatic carbocycles. The maximum atomic E-state index is 11.4. The maximum Gasteiger partial charge on any atom is 0.175 e. The number of nitrogen functional groups attached to an aromatic ring is 1. The van der Waals surface area contributed by atoms with Gasteiger partial charge in [-0.3, -0.25) is 0 Å². The molecule has 0 bridgehead atoms. The van der Waals surface area contributed by atoms with Gasteiger partial charge >= 0.3 is 0 Å². The summed E-state index contributed by atoms with van der Waals surface area (Å²) in [5.74, 6) is 0. The molecule has 1 aromatic carbocycles. The molecule has 0 saturated heterocycles. The van der Waals surface area contributed by atoms with Crippen molar-refractivity contribution in [2.45, 2.75) is 32.1 Å². The van der Waals surface area contributed by atoms with Crippen molar-refractivity contribution in [3.63, 3.8) is 0 Å². The monoisotopic (exact) mass is 270 g/mol. The van der Waals surface area contributed by atoms with Crippen molar-refractivity contribution in [2.75, 3.05) is 23.9 Å². The summed E-state index contributed by atoms with van der Waals surface area (Å²) in [6.45, 7) is 7.33. The van der Waals surface area contributed by atoms with Gasteiger partial charge in [0.05, 0.1) is 16.3 Å². The van der Waals surface area contributed by atoms with E-state index in [2.05, 4.69) is 26.1 Å². The molecule has 0 radical (unpaired) electrons. The number of hydrogen-bond acceptors (Lipinski definition) is 4. The zero-order chi connectivity index (χ0) is 14.0. The molecule has 3 N–H and O–H groups in total. The lowest BCUT2D eigenvalue weighted by molar-refractivity contribution is 0.390. The first-order chi connectivity index (χ1) is 8.09. The molecule has 0 aliphatic rings. The Hall–Kier alpha value is -1.23. The number of anilines is 2. The minimum Gasteiger partial charge on any atom is -0.397 e. The number of nitrogens with one attached hydrogen (secondary N) is 1. The van der Waals surface area contributed by atoms with Gasteiger partial charge in [-0.25, -0.2) is 8.42 Å². The Balaban J connectivity index is 2.75. The van der Waals surface area contributed by atoms with Crippen LogP contribution < -0.4 is 11.1 Å². The third kappa shape index (κ3) is 4.56. The molecule has 0 unspecified atom stereocenters. The van der Waals surface area contributed by atoms with Crippen molar-refractivity contribution in [1.29, 1.82) is 0 Å². The molecule has 1 rings (SSSR count). The molecule has 0 spiro atoms. The van der Waals surface area contributed by atoms with Gasteiger partial charge in [-0.2, -0.15) is 0 Å². The van der Waals surface area contributed by atoms with Crippen LogP contribution in [0.2, 0.25) is 0 Å². The summed E-state index contributed by atoms with van der Waals surface area (Å²) >= 11 is 0. The quantitative estimate of drug-likeness (QED) is 0.825. The van der Waals surface area contributed by atoms with Crippen LogP contribution in [0.25, 0.3) is 0 Å². The number of sulfone groups is 1. The van der Waals surface area contributed by atoms with E-state index in [0.29, 0.717) is 5.69 Å². The van der Waals surface area contributed by atoms with E-state index in [4.69, 9.17) is 5.73 Å². The third-order valence-electron chi connectivity index (χ3n) is 2.64. The molecule has 102 valence electrons. The molecular formula is C13H22N2O2S. The van der Waals surface area contributed by atoms with Gasteiger partial charge in [-0.05, 0) is 30.0 Å². The third-order valence-corrected chi connectivity index (χ3v) is 3.75. The number of hydrogen-bond donors (Lipinski definition) is 2. The molecule has 0 saturated carbocycles. The summed E-state index contributed by atoms with van der Waals surface area (Å²) in [5, 5.41) is 3.23. The molecule has 0 aliphatic heterocycles. The van der Waals surface area contributed by atoms with Crippen LogP contribution in [0, 0.1) is 5.41 Å². The van der Waals surface area contributed by atoms with Crippen LogP contribution in [-0.4, -0.2) is 21.2 Å². The Kier molecular flexibility index (Phi) is 4.27. The molecular weight excluding hydrogens is 248 g/mol. The summed E-state index contributed by atoms with van der Waals surface area (Å²) in [4.78, 5) is 0.251. The van der Waals surface area contributed by atoms with Gasteiger partial charge in [-0.1, -0.05) is 20.8 Å². The first-order valence-electron chi connectivity index (χ1n) is 5.93. The van der Waals surface area contributed by atoms with Crippen molar-refractivity contribution in [1.82, 2.24) is 0 Å². The fourth-order valence-electron chi connectivity index (χ4n) is 1.50. The molecule has 18 heavy (non-hydrogen) atoms. The maximum absolute atomic E-state index is 11.4. The summed E-state index contributed by atoms with van der Waals surface area (Å²) in [6.07, 6.45) is 2.19. The second kappa shape index (κ2) is 5.18. The van der Waals surface area contributed by atoms with E-state index in [9.17, 15) is 8.42 Å². The Morgan fingerprint density at radius 1 is 1.28 bits per heavy atom. The van der Waals surface area contributed by atoms with E-state index in [1.54, 1.807) is 12.1 Å². The molecule has 0 heterocycles. The van der Waals surface area contributed by atoms with E-state index in [-0.39, 0.29) is 10.3 Å². The van der Waals surface area contributed by atoms with Gasteiger partial charge in [0.25, 0.3) is 0 Å². The summed E-state index contributed by atoms with van der Waals surface area (Å²) in [6, 6.07) is 4.79. The van der Waals surface area contributed by atoms with Gasteiger partial charge in [-0.15, -0.1) is 0 Å². The molecule has 0 atom stereocenters. The highest BCUT2D eigenvalue weighted by Gasteiger charge is 2.11. The Labute approximate surface area is 110 Å². The van der Waals surface area contributed by atoms with Crippen molar-refractivity contribution in [3.05, 3.63) is 18.2 Å². The van der Waals surface area contributed by atoms with Crippen LogP contribution in [0.3, 0.4) is 0 Å². The lowest BCUT2D eigenvalue weighted by Crippen LogP contribution is -2.13. The van der Waals surface area contributed by atoms with Crippen LogP contribution in [-0.2, 0) is 9.84 Å². The van der Waals surface area contributed by atoms with Crippen LogP contribution in [0.4, 0.5) is 11.4 Å². The standard InChI is InChI=1S/C13H22N2O2S/c1-13(2,3)7-8-15-12-6-5-10(9-11(12)14)18(4,16)17/h5-6,9,15H,7-8,14H2,1-4H3. The Morgan fingerprint density at radius 3 is 2.33 bits per heavy atom. The van der Waals surface area contributed by atoms with Crippen LogP contribution in [0.5, 0.6) is 0 Å². The normalized spacial score (nSPS) is 12.4. The predicted octanol–water partition coefficient (Wildman–Crippen LogP) is 2.52. The van der Waals surface area contributed by atoms with Gasteiger partial charge < -0.3 is 11.1 Å². The minimum atomic E-state index is -3.19.